The van der Waals surface area contributed by atoms with Crippen LogP contribution in [0.5, 0.6) is 0 Å². The molecule has 1 unspecified atom stereocenters. The summed E-state index contributed by atoms with van der Waals surface area (Å²) in [7, 11) is 0. The van der Waals surface area contributed by atoms with Crippen molar-refractivity contribution < 1.29 is 0 Å². The van der Waals surface area contributed by atoms with Gasteiger partial charge in [0, 0.05) is 12.6 Å². The Labute approximate surface area is 107 Å². The molecular weight excluding hydrogens is 208 g/mol. The van der Waals surface area contributed by atoms with E-state index in [2.05, 4.69) is 17.1 Å². The van der Waals surface area contributed by atoms with Crippen LogP contribution in [0.15, 0.2) is 0 Å². The molecule has 1 saturated carbocycles. The molecule has 0 aromatic heterocycles. The molecule has 0 aromatic rings. The van der Waals surface area contributed by atoms with Gasteiger partial charge in [-0.2, -0.15) is 0 Å². The molecule has 100 valence electrons. The molecule has 1 N–H and O–H groups in total. The Balaban J connectivity index is 1.53. The lowest BCUT2D eigenvalue weighted by atomic mass is 9.87. The van der Waals surface area contributed by atoms with Crippen LogP contribution >= 0.6 is 0 Å². The molecule has 0 amide bonds. The lowest BCUT2D eigenvalue weighted by molar-refractivity contribution is 0.256. The number of likely N-dealkylation sites (tertiary alicyclic amines) is 1. The van der Waals surface area contributed by atoms with E-state index < -0.39 is 0 Å². The Kier molecular flexibility index (Phi) is 5.79. The fourth-order valence-corrected chi connectivity index (χ4v) is 3.59. The van der Waals surface area contributed by atoms with E-state index in [0.717, 1.165) is 12.0 Å². The van der Waals surface area contributed by atoms with E-state index >= 15 is 0 Å². The summed E-state index contributed by atoms with van der Waals surface area (Å²) < 4.78 is 0. The van der Waals surface area contributed by atoms with Gasteiger partial charge in [-0.1, -0.05) is 39.0 Å². The zero-order valence-corrected chi connectivity index (χ0v) is 11.6. The molecule has 1 heterocycles. The molecule has 1 aliphatic heterocycles. The van der Waals surface area contributed by atoms with Gasteiger partial charge in [-0.3, -0.25) is 4.90 Å². The zero-order valence-electron chi connectivity index (χ0n) is 11.6. The van der Waals surface area contributed by atoms with Gasteiger partial charge < -0.3 is 5.32 Å². The summed E-state index contributed by atoms with van der Waals surface area (Å²) in [6.07, 6.45) is 11.7. The van der Waals surface area contributed by atoms with Gasteiger partial charge in [0.25, 0.3) is 0 Å². The standard InChI is InChI=1S/C15H30N2/c1-2-17-12-6-9-15(17)13-16-11-10-14-7-4-3-5-8-14/h14-16H,2-13H2,1H3. The molecule has 1 aliphatic carbocycles. The van der Waals surface area contributed by atoms with E-state index in [-0.39, 0.29) is 0 Å². The van der Waals surface area contributed by atoms with Crippen LogP contribution in [0, 0.1) is 5.92 Å². The maximum atomic E-state index is 3.70. The van der Waals surface area contributed by atoms with Crippen molar-refractivity contribution >= 4 is 0 Å². The maximum Gasteiger partial charge on any atom is 0.0220 e. The van der Waals surface area contributed by atoms with Gasteiger partial charge in [-0.15, -0.1) is 0 Å². The minimum Gasteiger partial charge on any atom is -0.315 e. The first kappa shape index (κ1) is 13.4. The topological polar surface area (TPSA) is 15.3 Å². The zero-order chi connectivity index (χ0) is 11.9. The molecule has 2 heteroatoms. The van der Waals surface area contributed by atoms with Gasteiger partial charge >= 0.3 is 0 Å². The number of nitrogens with one attached hydrogen (secondary N) is 1. The number of hydrogen-bond donors (Lipinski definition) is 1. The molecule has 1 atom stereocenters. The van der Waals surface area contributed by atoms with Crippen molar-refractivity contribution in [3.63, 3.8) is 0 Å². The van der Waals surface area contributed by atoms with E-state index in [9.17, 15) is 0 Å². The number of rotatable bonds is 6. The first-order valence-electron chi connectivity index (χ1n) is 7.85. The highest BCUT2D eigenvalue weighted by Gasteiger charge is 2.22. The fourth-order valence-electron chi connectivity index (χ4n) is 3.59. The average Bonchev–Trinajstić information content (AvgIpc) is 2.83. The summed E-state index contributed by atoms with van der Waals surface area (Å²) >= 11 is 0. The Morgan fingerprint density at radius 3 is 2.65 bits per heavy atom. The lowest BCUT2D eigenvalue weighted by Gasteiger charge is -2.24. The van der Waals surface area contributed by atoms with Gasteiger partial charge in [0.05, 0.1) is 0 Å². The highest BCUT2D eigenvalue weighted by molar-refractivity contribution is 4.80. The van der Waals surface area contributed by atoms with Crippen molar-refractivity contribution in [3.05, 3.63) is 0 Å². The Morgan fingerprint density at radius 1 is 1.06 bits per heavy atom. The quantitative estimate of drug-likeness (QED) is 0.716. The second-order valence-electron chi connectivity index (χ2n) is 5.92. The van der Waals surface area contributed by atoms with E-state index in [1.54, 1.807) is 0 Å². The molecule has 2 nitrogen and oxygen atoms in total. The minimum absolute atomic E-state index is 0.825. The Hall–Kier alpha value is -0.0800. The minimum atomic E-state index is 0.825. The lowest BCUT2D eigenvalue weighted by Crippen LogP contribution is -2.38. The Morgan fingerprint density at radius 2 is 1.88 bits per heavy atom. The summed E-state index contributed by atoms with van der Waals surface area (Å²) in [6.45, 7) is 7.32. The normalized spacial score (nSPS) is 27.7. The smallest absolute Gasteiger partial charge is 0.0220 e. The van der Waals surface area contributed by atoms with Crippen molar-refractivity contribution in [1.29, 1.82) is 0 Å². The molecular formula is C15H30N2. The molecule has 2 aliphatic rings. The summed E-state index contributed by atoms with van der Waals surface area (Å²) in [4.78, 5) is 2.63. The predicted molar refractivity (Wildman–Crippen MR) is 74.3 cm³/mol. The predicted octanol–water partition coefficient (Wildman–Crippen LogP) is 3.03. The summed E-state index contributed by atoms with van der Waals surface area (Å²) in [5.41, 5.74) is 0. The average molecular weight is 238 g/mol. The summed E-state index contributed by atoms with van der Waals surface area (Å²) in [5, 5.41) is 3.70. The van der Waals surface area contributed by atoms with Crippen LogP contribution in [0.25, 0.3) is 0 Å². The van der Waals surface area contributed by atoms with E-state index in [1.165, 1.54) is 77.5 Å². The van der Waals surface area contributed by atoms with E-state index in [4.69, 9.17) is 0 Å². The number of likely N-dealkylation sites (N-methyl/N-ethyl adjacent to an activating group) is 1. The molecule has 0 bridgehead atoms. The Bertz CT molecular complexity index is 199. The fraction of sp³-hybridized carbons (Fsp3) is 1.00. The molecule has 2 rings (SSSR count). The first-order valence-corrected chi connectivity index (χ1v) is 7.85. The van der Waals surface area contributed by atoms with E-state index in [0.29, 0.717) is 0 Å². The molecule has 0 radical (unpaired) electrons. The molecule has 17 heavy (non-hydrogen) atoms. The third-order valence-electron chi connectivity index (χ3n) is 4.74. The van der Waals surface area contributed by atoms with Crippen LogP contribution in [-0.4, -0.2) is 37.1 Å². The largest absolute Gasteiger partial charge is 0.315 e. The SMILES string of the molecule is CCN1CCCC1CNCCC1CCCCC1. The van der Waals surface area contributed by atoms with E-state index in [1.807, 2.05) is 0 Å². The second-order valence-corrected chi connectivity index (χ2v) is 5.92. The third-order valence-corrected chi connectivity index (χ3v) is 4.74. The highest BCUT2D eigenvalue weighted by Crippen LogP contribution is 2.25. The van der Waals surface area contributed by atoms with Crippen LogP contribution in [0.4, 0.5) is 0 Å². The third kappa shape index (κ3) is 4.26. The van der Waals surface area contributed by atoms with Crippen molar-refractivity contribution in [2.45, 2.75) is 64.3 Å². The molecule has 0 aromatic carbocycles. The molecule has 1 saturated heterocycles. The van der Waals surface area contributed by atoms with Gasteiger partial charge in [0.2, 0.25) is 0 Å². The first-order chi connectivity index (χ1) is 8.40. The van der Waals surface area contributed by atoms with Crippen molar-refractivity contribution in [3.8, 4) is 0 Å². The van der Waals surface area contributed by atoms with Crippen LogP contribution in [0.3, 0.4) is 0 Å². The van der Waals surface area contributed by atoms with Gasteiger partial charge in [0.15, 0.2) is 0 Å². The van der Waals surface area contributed by atoms with Crippen LogP contribution in [0.2, 0.25) is 0 Å². The highest BCUT2D eigenvalue weighted by atomic mass is 15.2. The van der Waals surface area contributed by atoms with Gasteiger partial charge in [0.1, 0.15) is 0 Å². The van der Waals surface area contributed by atoms with Crippen LogP contribution in [-0.2, 0) is 0 Å². The van der Waals surface area contributed by atoms with Gasteiger partial charge in [-0.05, 0) is 44.8 Å². The summed E-state index contributed by atoms with van der Waals surface area (Å²) in [5.74, 6) is 1.03. The molecule has 2 fully saturated rings. The maximum absolute atomic E-state index is 3.70. The van der Waals surface area contributed by atoms with Crippen molar-refractivity contribution in [1.82, 2.24) is 10.2 Å². The van der Waals surface area contributed by atoms with Gasteiger partial charge in [-0.25, -0.2) is 0 Å². The van der Waals surface area contributed by atoms with Crippen LogP contribution < -0.4 is 5.32 Å². The molecule has 0 spiro atoms. The van der Waals surface area contributed by atoms with Crippen molar-refractivity contribution in [2.75, 3.05) is 26.2 Å². The monoisotopic (exact) mass is 238 g/mol. The summed E-state index contributed by atoms with van der Waals surface area (Å²) in [6, 6.07) is 0.825. The number of hydrogen-bond acceptors (Lipinski definition) is 2. The second kappa shape index (κ2) is 7.38. The number of nitrogens with zero attached hydrogens (tertiary/aromatic N) is 1. The van der Waals surface area contributed by atoms with Crippen LogP contribution in [0.1, 0.15) is 58.3 Å². The van der Waals surface area contributed by atoms with Crippen molar-refractivity contribution in [2.24, 2.45) is 5.92 Å².